The third-order valence-electron chi connectivity index (χ3n) is 3.55. The molecule has 21 heavy (non-hydrogen) atoms. The highest BCUT2D eigenvalue weighted by atomic mass is 19.2. The number of anilines is 1. The summed E-state index contributed by atoms with van der Waals surface area (Å²) in [5.74, 6) is -3.32. The monoisotopic (exact) mass is 287 g/mol. The Morgan fingerprint density at radius 2 is 1.76 bits per heavy atom. The minimum Gasteiger partial charge on any atom is -0.300 e. The maximum absolute atomic E-state index is 13.8. The Labute approximate surface area is 119 Å². The summed E-state index contributed by atoms with van der Waals surface area (Å²) in [6, 6.07) is 8.78. The number of carbonyl (C=O) groups excluding carboxylic acids is 2. The fourth-order valence-electron chi connectivity index (χ4n) is 2.53. The van der Waals surface area contributed by atoms with Crippen molar-refractivity contribution in [2.24, 2.45) is 0 Å². The van der Waals surface area contributed by atoms with Gasteiger partial charge in [0.15, 0.2) is 11.6 Å². The van der Waals surface area contributed by atoms with Crippen LogP contribution in [0.25, 0.3) is 0 Å². The third-order valence-corrected chi connectivity index (χ3v) is 3.55. The Hall–Kier alpha value is -2.56. The number of aryl methyl sites for hydroxylation is 1. The minimum absolute atomic E-state index is 0.0345. The summed E-state index contributed by atoms with van der Waals surface area (Å²) in [4.78, 5) is 25.2. The van der Waals surface area contributed by atoms with Gasteiger partial charge in [0.05, 0.1) is 17.8 Å². The number of Topliss-reactive ketones (excluding diaryl/α,β-unsaturated/α-hetero) is 1. The summed E-state index contributed by atoms with van der Waals surface area (Å²) in [6.45, 7) is 1.59. The first kappa shape index (κ1) is 13.4. The zero-order chi connectivity index (χ0) is 15.1. The summed E-state index contributed by atoms with van der Waals surface area (Å²) in [7, 11) is 0. The lowest BCUT2D eigenvalue weighted by Gasteiger charge is -2.18. The first-order chi connectivity index (χ1) is 10.0. The standard InChI is InChI=1S/C16H11F2NO2/c1-9-4-2-6-11-14(9)19(16(21)15(11)20)8-10-5-3-7-12(17)13(10)18/h2-7H,8H2,1H3. The molecule has 0 N–H and O–H groups in total. The molecular weight excluding hydrogens is 276 g/mol. The highest BCUT2D eigenvalue weighted by Crippen LogP contribution is 2.33. The molecule has 0 aliphatic carbocycles. The number of hydrogen-bond acceptors (Lipinski definition) is 2. The van der Waals surface area contributed by atoms with E-state index in [1.807, 2.05) is 0 Å². The number of rotatable bonds is 2. The van der Waals surface area contributed by atoms with E-state index in [1.165, 1.54) is 17.0 Å². The van der Waals surface area contributed by atoms with Crippen LogP contribution in [0.3, 0.4) is 0 Å². The Kier molecular flexibility index (Phi) is 3.05. The van der Waals surface area contributed by atoms with Crippen LogP contribution in [0.15, 0.2) is 36.4 Å². The normalized spacial score (nSPS) is 13.8. The van der Waals surface area contributed by atoms with Crippen LogP contribution < -0.4 is 4.90 Å². The lowest BCUT2D eigenvalue weighted by Crippen LogP contribution is -2.30. The molecule has 106 valence electrons. The third kappa shape index (κ3) is 2.01. The topological polar surface area (TPSA) is 37.4 Å². The molecule has 5 heteroatoms. The molecule has 0 spiro atoms. The maximum Gasteiger partial charge on any atom is 0.299 e. The predicted molar refractivity (Wildman–Crippen MR) is 73.1 cm³/mol. The lowest BCUT2D eigenvalue weighted by molar-refractivity contribution is -0.114. The Bertz CT molecular complexity index is 771. The van der Waals surface area contributed by atoms with Gasteiger partial charge in [-0.15, -0.1) is 0 Å². The van der Waals surface area contributed by atoms with E-state index < -0.39 is 23.3 Å². The molecule has 3 rings (SSSR count). The van der Waals surface area contributed by atoms with Crippen LogP contribution in [0.4, 0.5) is 14.5 Å². The summed E-state index contributed by atoms with van der Waals surface area (Å²) >= 11 is 0. The number of halogens is 2. The van der Waals surface area contributed by atoms with Crippen molar-refractivity contribution in [2.45, 2.75) is 13.5 Å². The second-order valence-corrected chi connectivity index (χ2v) is 4.90. The molecule has 1 aliphatic rings. The van der Waals surface area contributed by atoms with E-state index in [1.54, 1.807) is 25.1 Å². The van der Waals surface area contributed by atoms with Gasteiger partial charge < -0.3 is 0 Å². The van der Waals surface area contributed by atoms with Crippen molar-refractivity contribution >= 4 is 17.4 Å². The first-order valence-corrected chi connectivity index (χ1v) is 6.39. The van der Waals surface area contributed by atoms with E-state index in [-0.39, 0.29) is 12.1 Å². The molecule has 2 aromatic rings. The molecule has 1 aliphatic heterocycles. The van der Waals surface area contributed by atoms with Gasteiger partial charge in [-0.1, -0.05) is 24.3 Å². The molecule has 0 atom stereocenters. The minimum atomic E-state index is -1.00. The van der Waals surface area contributed by atoms with Gasteiger partial charge in [-0.3, -0.25) is 14.5 Å². The van der Waals surface area contributed by atoms with Crippen LogP contribution in [0.2, 0.25) is 0 Å². The van der Waals surface area contributed by atoms with Crippen molar-refractivity contribution in [2.75, 3.05) is 4.90 Å². The van der Waals surface area contributed by atoms with Gasteiger partial charge in [0.25, 0.3) is 11.7 Å². The lowest BCUT2D eigenvalue weighted by atomic mass is 10.1. The van der Waals surface area contributed by atoms with Gasteiger partial charge in [-0.05, 0) is 24.6 Å². The molecule has 0 radical (unpaired) electrons. The second-order valence-electron chi connectivity index (χ2n) is 4.90. The first-order valence-electron chi connectivity index (χ1n) is 6.39. The van der Waals surface area contributed by atoms with Crippen LogP contribution >= 0.6 is 0 Å². The largest absolute Gasteiger partial charge is 0.300 e. The van der Waals surface area contributed by atoms with Gasteiger partial charge >= 0.3 is 0 Å². The molecule has 1 amide bonds. The van der Waals surface area contributed by atoms with E-state index in [9.17, 15) is 18.4 Å². The number of benzene rings is 2. The van der Waals surface area contributed by atoms with Crippen molar-refractivity contribution in [3.05, 3.63) is 64.7 Å². The average Bonchev–Trinajstić information content (AvgIpc) is 2.70. The molecule has 0 unspecified atom stereocenters. The van der Waals surface area contributed by atoms with E-state index in [4.69, 9.17) is 0 Å². The summed E-state index contributed by atoms with van der Waals surface area (Å²) in [5, 5.41) is 0. The zero-order valence-electron chi connectivity index (χ0n) is 11.2. The number of carbonyl (C=O) groups is 2. The van der Waals surface area contributed by atoms with Crippen LogP contribution in [-0.2, 0) is 11.3 Å². The number of hydrogen-bond donors (Lipinski definition) is 0. The summed E-state index contributed by atoms with van der Waals surface area (Å²) in [6.07, 6.45) is 0. The average molecular weight is 287 g/mol. The van der Waals surface area contributed by atoms with E-state index in [0.717, 1.165) is 11.6 Å². The van der Waals surface area contributed by atoms with E-state index >= 15 is 0 Å². The highest BCUT2D eigenvalue weighted by Gasteiger charge is 2.37. The van der Waals surface area contributed by atoms with Crippen molar-refractivity contribution in [1.29, 1.82) is 0 Å². The molecule has 0 saturated carbocycles. The van der Waals surface area contributed by atoms with E-state index in [2.05, 4.69) is 0 Å². The Balaban J connectivity index is 2.07. The molecule has 0 bridgehead atoms. The van der Waals surface area contributed by atoms with Gasteiger partial charge in [0.1, 0.15) is 0 Å². The van der Waals surface area contributed by atoms with Gasteiger partial charge in [0.2, 0.25) is 0 Å². The van der Waals surface area contributed by atoms with Gasteiger partial charge in [0, 0.05) is 5.56 Å². The molecule has 2 aromatic carbocycles. The van der Waals surface area contributed by atoms with Gasteiger partial charge in [-0.25, -0.2) is 8.78 Å². The van der Waals surface area contributed by atoms with E-state index in [0.29, 0.717) is 11.3 Å². The molecule has 0 saturated heterocycles. The number of ketones is 1. The van der Waals surface area contributed by atoms with Crippen molar-refractivity contribution in [3.63, 3.8) is 0 Å². The quantitative estimate of drug-likeness (QED) is 0.796. The summed E-state index contributed by atoms with van der Waals surface area (Å²) in [5.41, 5.74) is 1.55. The van der Waals surface area contributed by atoms with Crippen molar-refractivity contribution in [3.8, 4) is 0 Å². The van der Waals surface area contributed by atoms with Crippen LogP contribution in [0.1, 0.15) is 21.5 Å². The molecule has 3 nitrogen and oxygen atoms in total. The smallest absolute Gasteiger partial charge is 0.299 e. The zero-order valence-corrected chi connectivity index (χ0v) is 11.2. The fourth-order valence-corrected chi connectivity index (χ4v) is 2.53. The van der Waals surface area contributed by atoms with Crippen molar-refractivity contribution < 1.29 is 18.4 Å². The Morgan fingerprint density at radius 3 is 2.52 bits per heavy atom. The number of nitrogens with zero attached hydrogens (tertiary/aromatic N) is 1. The SMILES string of the molecule is Cc1cccc2c1N(Cc1cccc(F)c1F)C(=O)C2=O. The van der Waals surface area contributed by atoms with Crippen LogP contribution in [-0.4, -0.2) is 11.7 Å². The van der Waals surface area contributed by atoms with Crippen LogP contribution in [0, 0.1) is 18.6 Å². The molecule has 0 fully saturated rings. The fraction of sp³-hybridized carbons (Fsp3) is 0.125. The van der Waals surface area contributed by atoms with Gasteiger partial charge in [-0.2, -0.15) is 0 Å². The maximum atomic E-state index is 13.8. The number of amides is 1. The molecule has 0 aromatic heterocycles. The predicted octanol–water partition coefficient (Wildman–Crippen LogP) is 3.00. The number of para-hydroxylation sites is 1. The summed E-state index contributed by atoms with van der Waals surface area (Å²) < 4.78 is 27.0. The van der Waals surface area contributed by atoms with Crippen molar-refractivity contribution in [1.82, 2.24) is 0 Å². The Morgan fingerprint density at radius 1 is 1.05 bits per heavy atom. The second kappa shape index (κ2) is 4.77. The number of fused-ring (bicyclic) bond motifs is 1. The molecular formula is C16H11F2NO2. The molecule has 1 heterocycles. The van der Waals surface area contributed by atoms with Crippen LogP contribution in [0.5, 0.6) is 0 Å². The highest BCUT2D eigenvalue weighted by molar-refractivity contribution is 6.52.